The molecule has 7 nitrogen and oxygen atoms in total. The van der Waals surface area contributed by atoms with Crippen LogP contribution in [0.3, 0.4) is 0 Å². The first-order valence-electron chi connectivity index (χ1n) is 10.6. The standard InChI is InChI=1S/C26H20FN3O4/c1-34-21-7-6-16(27)12-18(21)24(31)22-23(19-13-29-20-5-3-2-4-17(19)20)30(26(33)25(22)32)14-15-8-10-28-11-9-15/h2-13,23,29,31H,14H2,1H3/b24-22+. The van der Waals surface area contributed by atoms with Gasteiger partial charge in [-0.15, -0.1) is 0 Å². The van der Waals surface area contributed by atoms with Gasteiger partial charge in [-0.1, -0.05) is 18.2 Å². The number of aliphatic hydroxyl groups excluding tert-OH is 1. The summed E-state index contributed by atoms with van der Waals surface area (Å²) in [6.45, 7) is 0.119. The Balaban J connectivity index is 1.74. The first kappa shape index (κ1) is 21.4. The predicted octanol–water partition coefficient (Wildman–Crippen LogP) is 4.33. The quantitative estimate of drug-likeness (QED) is 0.264. The number of nitrogens with one attached hydrogen (secondary N) is 1. The minimum atomic E-state index is -0.905. The Morgan fingerprint density at radius 2 is 1.91 bits per heavy atom. The third-order valence-electron chi connectivity index (χ3n) is 5.97. The number of hydrogen-bond acceptors (Lipinski definition) is 5. The number of para-hydroxylation sites is 1. The second-order valence-electron chi connectivity index (χ2n) is 7.92. The van der Waals surface area contributed by atoms with Gasteiger partial charge in [0.25, 0.3) is 11.7 Å². The highest BCUT2D eigenvalue weighted by molar-refractivity contribution is 6.46. The minimum absolute atomic E-state index is 0.00532. The van der Waals surface area contributed by atoms with Crippen molar-refractivity contribution in [3.63, 3.8) is 0 Å². The summed E-state index contributed by atoms with van der Waals surface area (Å²) in [5, 5.41) is 12.1. The highest BCUT2D eigenvalue weighted by Gasteiger charge is 2.47. The number of carbonyl (C=O) groups excluding carboxylic acids is 2. The summed E-state index contributed by atoms with van der Waals surface area (Å²) in [6, 6.07) is 13.7. The normalized spacial score (nSPS) is 17.5. The molecule has 1 fully saturated rings. The van der Waals surface area contributed by atoms with Crippen molar-refractivity contribution in [2.75, 3.05) is 7.11 Å². The van der Waals surface area contributed by atoms with Crippen LogP contribution in [0, 0.1) is 5.82 Å². The van der Waals surface area contributed by atoms with Gasteiger partial charge in [0, 0.05) is 41.6 Å². The van der Waals surface area contributed by atoms with Crippen LogP contribution in [0.15, 0.2) is 78.8 Å². The van der Waals surface area contributed by atoms with E-state index in [2.05, 4.69) is 9.97 Å². The number of ether oxygens (including phenoxy) is 1. The fourth-order valence-electron chi connectivity index (χ4n) is 4.38. The number of methoxy groups -OCH3 is 1. The van der Waals surface area contributed by atoms with Crippen LogP contribution < -0.4 is 4.74 Å². The summed E-state index contributed by atoms with van der Waals surface area (Å²) in [6.07, 6.45) is 4.92. The number of hydrogen-bond donors (Lipinski definition) is 2. The Morgan fingerprint density at radius 1 is 1.15 bits per heavy atom. The molecule has 170 valence electrons. The van der Waals surface area contributed by atoms with Crippen molar-refractivity contribution in [2.24, 2.45) is 0 Å². The lowest BCUT2D eigenvalue weighted by Crippen LogP contribution is -2.29. The number of pyridine rings is 1. The van der Waals surface area contributed by atoms with Gasteiger partial charge in [-0.2, -0.15) is 0 Å². The number of aliphatic hydroxyl groups is 1. The molecular weight excluding hydrogens is 437 g/mol. The number of ketones is 1. The summed E-state index contributed by atoms with van der Waals surface area (Å²) in [5.74, 6) is -2.55. The second kappa shape index (κ2) is 8.47. The van der Waals surface area contributed by atoms with E-state index in [1.54, 1.807) is 30.7 Å². The number of nitrogens with zero attached hydrogens (tertiary/aromatic N) is 2. The predicted molar refractivity (Wildman–Crippen MR) is 123 cm³/mol. The smallest absolute Gasteiger partial charge is 0.295 e. The van der Waals surface area contributed by atoms with Gasteiger partial charge in [-0.05, 0) is 42.0 Å². The highest BCUT2D eigenvalue weighted by atomic mass is 19.1. The average Bonchev–Trinajstić information content (AvgIpc) is 3.38. The maximum Gasteiger partial charge on any atom is 0.295 e. The monoisotopic (exact) mass is 457 g/mol. The molecule has 0 saturated carbocycles. The molecule has 1 atom stereocenters. The number of amides is 1. The lowest BCUT2D eigenvalue weighted by atomic mass is 9.94. The Kier molecular flexibility index (Phi) is 5.33. The van der Waals surface area contributed by atoms with Gasteiger partial charge < -0.3 is 19.7 Å². The van der Waals surface area contributed by atoms with Crippen LogP contribution in [0.5, 0.6) is 5.75 Å². The molecule has 2 aromatic carbocycles. The second-order valence-corrected chi connectivity index (χ2v) is 7.92. The third-order valence-corrected chi connectivity index (χ3v) is 5.97. The lowest BCUT2D eigenvalue weighted by Gasteiger charge is -2.25. The number of H-pyrrole nitrogens is 1. The van der Waals surface area contributed by atoms with Crippen molar-refractivity contribution in [3.8, 4) is 5.75 Å². The minimum Gasteiger partial charge on any atom is -0.507 e. The van der Waals surface area contributed by atoms with E-state index in [-0.39, 0.29) is 23.4 Å². The summed E-state index contributed by atoms with van der Waals surface area (Å²) < 4.78 is 19.4. The van der Waals surface area contributed by atoms with Gasteiger partial charge in [-0.3, -0.25) is 14.6 Å². The molecule has 0 bridgehead atoms. The van der Waals surface area contributed by atoms with Crippen LogP contribution in [-0.4, -0.2) is 38.8 Å². The van der Waals surface area contributed by atoms with E-state index in [1.165, 1.54) is 24.1 Å². The van der Waals surface area contributed by atoms with E-state index in [4.69, 9.17) is 4.74 Å². The fourth-order valence-corrected chi connectivity index (χ4v) is 4.38. The van der Waals surface area contributed by atoms with Gasteiger partial charge >= 0.3 is 0 Å². The number of fused-ring (bicyclic) bond motifs is 1. The topological polar surface area (TPSA) is 95.5 Å². The molecule has 1 unspecified atom stereocenters. The number of aromatic nitrogens is 2. The maximum absolute atomic E-state index is 14.1. The molecule has 1 saturated heterocycles. The molecular formula is C26H20FN3O4. The van der Waals surface area contributed by atoms with Crippen molar-refractivity contribution in [3.05, 3.63) is 101 Å². The van der Waals surface area contributed by atoms with Crippen molar-refractivity contribution in [1.29, 1.82) is 0 Å². The highest BCUT2D eigenvalue weighted by Crippen LogP contribution is 2.43. The van der Waals surface area contributed by atoms with E-state index < -0.39 is 29.3 Å². The SMILES string of the molecule is COc1ccc(F)cc1/C(O)=C1\C(=O)C(=O)N(Cc2ccncc2)C1c1c[nH]c2ccccc12. The van der Waals surface area contributed by atoms with Crippen LogP contribution in [0.1, 0.15) is 22.7 Å². The molecule has 0 spiro atoms. The molecule has 2 aromatic heterocycles. The first-order chi connectivity index (χ1) is 16.5. The maximum atomic E-state index is 14.1. The van der Waals surface area contributed by atoms with Crippen LogP contribution in [0.25, 0.3) is 16.7 Å². The zero-order chi connectivity index (χ0) is 23.8. The van der Waals surface area contributed by atoms with Gasteiger partial charge in [0.1, 0.15) is 17.3 Å². The molecule has 0 aliphatic carbocycles. The molecule has 3 heterocycles. The van der Waals surface area contributed by atoms with Crippen molar-refractivity contribution < 1.29 is 23.8 Å². The lowest BCUT2D eigenvalue weighted by molar-refractivity contribution is -0.140. The average molecular weight is 457 g/mol. The summed E-state index contributed by atoms with van der Waals surface area (Å²) in [4.78, 5) is 35.1. The number of aromatic amines is 1. The Morgan fingerprint density at radius 3 is 2.68 bits per heavy atom. The summed E-state index contributed by atoms with van der Waals surface area (Å²) >= 11 is 0. The van der Waals surface area contributed by atoms with E-state index in [0.717, 1.165) is 22.5 Å². The van der Waals surface area contributed by atoms with Gasteiger partial charge in [-0.25, -0.2) is 4.39 Å². The molecule has 1 aliphatic rings. The fraction of sp³-hybridized carbons (Fsp3) is 0.115. The summed E-state index contributed by atoms with van der Waals surface area (Å²) in [7, 11) is 1.38. The zero-order valence-corrected chi connectivity index (χ0v) is 18.2. The number of rotatable bonds is 5. The largest absolute Gasteiger partial charge is 0.507 e. The Labute approximate surface area is 194 Å². The van der Waals surface area contributed by atoms with Crippen molar-refractivity contribution in [1.82, 2.24) is 14.9 Å². The van der Waals surface area contributed by atoms with E-state index >= 15 is 0 Å². The molecule has 5 rings (SSSR count). The molecule has 1 aliphatic heterocycles. The first-order valence-corrected chi connectivity index (χ1v) is 10.6. The molecule has 1 amide bonds. The molecule has 2 N–H and O–H groups in total. The number of carbonyl (C=O) groups is 2. The van der Waals surface area contributed by atoms with E-state index in [0.29, 0.717) is 5.56 Å². The Bertz CT molecular complexity index is 1440. The van der Waals surface area contributed by atoms with E-state index in [1.807, 2.05) is 24.3 Å². The van der Waals surface area contributed by atoms with Crippen LogP contribution in [-0.2, 0) is 16.1 Å². The number of halogens is 1. The molecule has 8 heteroatoms. The van der Waals surface area contributed by atoms with Crippen LogP contribution in [0.4, 0.5) is 4.39 Å². The van der Waals surface area contributed by atoms with E-state index in [9.17, 15) is 19.1 Å². The number of likely N-dealkylation sites (tertiary alicyclic amines) is 1. The summed E-state index contributed by atoms with van der Waals surface area (Å²) in [5.41, 5.74) is 2.09. The third kappa shape index (κ3) is 3.49. The van der Waals surface area contributed by atoms with Gasteiger partial charge in [0.05, 0.1) is 24.3 Å². The van der Waals surface area contributed by atoms with Crippen LogP contribution >= 0.6 is 0 Å². The van der Waals surface area contributed by atoms with Crippen LogP contribution in [0.2, 0.25) is 0 Å². The molecule has 34 heavy (non-hydrogen) atoms. The zero-order valence-electron chi connectivity index (χ0n) is 18.2. The molecule has 4 aromatic rings. The van der Waals surface area contributed by atoms with Crippen molar-refractivity contribution >= 4 is 28.4 Å². The molecule has 0 radical (unpaired) electrons. The van der Waals surface area contributed by atoms with Crippen molar-refractivity contribution in [2.45, 2.75) is 12.6 Å². The van der Waals surface area contributed by atoms with Gasteiger partial charge in [0.2, 0.25) is 0 Å². The number of benzene rings is 2. The number of Topliss-reactive ketones (excluding diaryl/α,β-unsaturated/α-hetero) is 1. The Hall–Kier alpha value is -4.46. The van der Waals surface area contributed by atoms with Gasteiger partial charge in [0.15, 0.2) is 0 Å².